The van der Waals surface area contributed by atoms with E-state index in [1.54, 1.807) is 53.2 Å². The van der Waals surface area contributed by atoms with Crippen molar-refractivity contribution in [3.63, 3.8) is 0 Å². The number of thiazole rings is 1. The Bertz CT molecular complexity index is 1200. The average Bonchev–Trinajstić information content (AvgIpc) is 3.24. The maximum Gasteiger partial charge on any atom is 0.274 e. The lowest BCUT2D eigenvalue weighted by molar-refractivity contribution is 0.0706. The predicted molar refractivity (Wildman–Crippen MR) is 116 cm³/mol. The highest BCUT2D eigenvalue weighted by Gasteiger charge is 2.10. The summed E-state index contributed by atoms with van der Waals surface area (Å²) in [6.45, 7) is 0.359. The molecule has 0 unspecified atom stereocenters. The fraction of sp³-hybridized carbons (Fsp3) is 0.0870. The molecule has 0 bridgehead atoms. The summed E-state index contributed by atoms with van der Waals surface area (Å²) in [5.41, 5.74) is 4.53. The third-order valence-electron chi connectivity index (χ3n) is 4.69. The summed E-state index contributed by atoms with van der Waals surface area (Å²) in [6.07, 6.45) is 0.778. The molecule has 0 spiro atoms. The van der Waals surface area contributed by atoms with Crippen LogP contribution in [0, 0.1) is 0 Å². The number of aromatic nitrogens is 1. The molecular weight excluding hydrogens is 398 g/mol. The Morgan fingerprint density at radius 3 is 2.23 bits per heavy atom. The molecule has 0 aliphatic rings. The minimum atomic E-state index is -0.575. The summed E-state index contributed by atoms with van der Waals surface area (Å²) >= 11 is 1.59. The van der Waals surface area contributed by atoms with Gasteiger partial charge in [-0.2, -0.15) is 0 Å². The van der Waals surface area contributed by atoms with E-state index in [2.05, 4.69) is 22.4 Å². The SMILES string of the molecule is O=C(NO)c1ccc2cc(C(=O)NCc3csc(Cc4ccccc4)n3)ccc2c1. The Balaban J connectivity index is 1.40. The molecule has 4 rings (SSSR count). The molecule has 6 nitrogen and oxygen atoms in total. The Morgan fingerprint density at radius 2 is 1.57 bits per heavy atom. The van der Waals surface area contributed by atoms with Crippen LogP contribution in [0.1, 0.15) is 37.0 Å². The highest BCUT2D eigenvalue weighted by Crippen LogP contribution is 2.19. The molecule has 7 heteroatoms. The van der Waals surface area contributed by atoms with E-state index in [0.29, 0.717) is 17.7 Å². The number of amides is 2. The first-order valence-corrected chi connectivity index (χ1v) is 10.2. The van der Waals surface area contributed by atoms with Crippen LogP contribution in [0.2, 0.25) is 0 Å². The molecule has 0 aliphatic heterocycles. The second-order valence-electron chi connectivity index (χ2n) is 6.80. The number of hydrogen-bond acceptors (Lipinski definition) is 5. The van der Waals surface area contributed by atoms with Gasteiger partial charge < -0.3 is 5.32 Å². The van der Waals surface area contributed by atoms with E-state index in [0.717, 1.165) is 27.9 Å². The highest BCUT2D eigenvalue weighted by atomic mass is 32.1. The number of carbonyl (C=O) groups is 2. The lowest BCUT2D eigenvalue weighted by Crippen LogP contribution is -2.23. The first-order valence-electron chi connectivity index (χ1n) is 9.36. The number of fused-ring (bicyclic) bond motifs is 1. The van der Waals surface area contributed by atoms with Crippen LogP contribution in [-0.2, 0) is 13.0 Å². The van der Waals surface area contributed by atoms with E-state index in [4.69, 9.17) is 5.21 Å². The van der Waals surface area contributed by atoms with Crippen LogP contribution in [0.4, 0.5) is 0 Å². The topological polar surface area (TPSA) is 91.3 Å². The van der Waals surface area contributed by atoms with Crippen molar-refractivity contribution >= 4 is 33.9 Å². The molecule has 0 radical (unpaired) electrons. The fourth-order valence-corrected chi connectivity index (χ4v) is 3.98. The number of nitrogens with one attached hydrogen (secondary N) is 2. The van der Waals surface area contributed by atoms with Crippen LogP contribution in [-0.4, -0.2) is 22.0 Å². The molecule has 3 aromatic carbocycles. The number of rotatable bonds is 6. The molecule has 0 atom stereocenters. The van der Waals surface area contributed by atoms with Gasteiger partial charge in [0.1, 0.15) is 0 Å². The third kappa shape index (κ3) is 4.53. The molecule has 1 aromatic heterocycles. The van der Waals surface area contributed by atoms with Crippen LogP contribution in [0.15, 0.2) is 72.1 Å². The van der Waals surface area contributed by atoms with Gasteiger partial charge in [-0.1, -0.05) is 42.5 Å². The fourth-order valence-electron chi connectivity index (χ4n) is 3.15. The van der Waals surface area contributed by atoms with Crippen LogP contribution in [0.25, 0.3) is 10.8 Å². The first kappa shape index (κ1) is 19.8. The molecule has 30 heavy (non-hydrogen) atoms. The van der Waals surface area contributed by atoms with Gasteiger partial charge in [-0.25, -0.2) is 10.5 Å². The average molecular weight is 417 g/mol. The zero-order valence-corrected chi connectivity index (χ0v) is 16.8. The molecule has 0 aliphatic carbocycles. The van der Waals surface area contributed by atoms with E-state index < -0.39 is 5.91 Å². The van der Waals surface area contributed by atoms with Crippen molar-refractivity contribution in [1.29, 1.82) is 0 Å². The zero-order chi connectivity index (χ0) is 20.9. The molecule has 0 saturated carbocycles. The van der Waals surface area contributed by atoms with Crippen LogP contribution in [0.5, 0.6) is 0 Å². The van der Waals surface area contributed by atoms with Crippen LogP contribution in [0.3, 0.4) is 0 Å². The second-order valence-corrected chi connectivity index (χ2v) is 7.74. The molecular formula is C23H19N3O3S. The summed E-state index contributed by atoms with van der Waals surface area (Å²) in [5, 5.41) is 16.3. The molecule has 3 N–H and O–H groups in total. The van der Waals surface area contributed by atoms with Crippen molar-refractivity contribution in [2.45, 2.75) is 13.0 Å². The normalized spacial score (nSPS) is 10.7. The van der Waals surface area contributed by atoms with E-state index in [1.807, 2.05) is 23.6 Å². The molecule has 4 aromatic rings. The van der Waals surface area contributed by atoms with Crippen molar-refractivity contribution in [1.82, 2.24) is 15.8 Å². The van der Waals surface area contributed by atoms with Gasteiger partial charge in [-0.05, 0) is 40.6 Å². The Kier molecular flexibility index (Phi) is 5.83. The summed E-state index contributed by atoms with van der Waals surface area (Å²) in [7, 11) is 0. The van der Waals surface area contributed by atoms with Gasteiger partial charge in [0, 0.05) is 22.9 Å². The zero-order valence-electron chi connectivity index (χ0n) is 16.0. The molecule has 2 amide bonds. The van der Waals surface area contributed by atoms with Gasteiger partial charge in [0.05, 0.1) is 17.2 Å². The van der Waals surface area contributed by atoms with Gasteiger partial charge in [-0.3, -0.25) is 14.8 Å². The number of benzene rings is 3. The summed E-state index contributed by atoms with van der Waals surface area (Å²) in [6, 6.07) is 20.4. The van der Waals surface area contributed by atoms with Crippen molar-refractivity contribution in [3.05, 3.63) is 99.5 Å². The summed E-state index contributed by atoms with van der Waals surface area (Å²) < 4.78 is 0. The van der Waals surface area contributed by atoms with Gasteiger partial charge in [0.25, 0.3) is 11.8 Å². The maximum atomic E-state index is 12.5. The minimum Gasteiger partial charge on any atom is -0.346 e. The predicted octanol–water partition coefficient (Wildman–Crippen LogP) is 3.94. The van der Waals surface area contributed by atoms with Gasteiger partial charge in [-0.15, -0.1) is 11.3 Å². The van der Waals surface area contributed by atoms with Crippen molar-refractivity contribution in [3.8, 4) is 0 Å². The van der Waals surface area contributed by atoms with E-state index in [9.17, 15) is 9.59 Å². The quantitative estimate of drug-likeness (QED) is 0.327. The summed E-state index contributed by atoms with van der Waals surface area (Å²) in [4.78, 5) is 28.7. The monoisotopic (exact) mass is 417 g/mol. The first-order chi connectivity index (χ1) is 14.6. The highest BCUT2D eigenvalue weighted by molar-refractivity contribution is 7.09. The standard InChI is InChI=1S/C23H19N3O3S/c27-22(18-8-6-17-12-19(23(28)26-29)9-7-16(17)11-18)24-13-20-14-30-21(25-20)10-15-4-2-1-3-5-15/h1-9,11-12,14,29H,10,13H2,(H,24,27)(H,26,28). The van der Waals surface area contributed by atoms with E-state index in [-0.39, 0.29) is 5.91 Å². The molecule has 150 valence electrons. The van der Waals surface area contributed by atoms with Gasteiger partial charge in [0.2, 0.25) is 0 Å². The summed E-state index contributed by atoms with van der Waals surface area (Å²) in [5.74, 6) is -0.764. The number of hydrogen-bond donors (Lipinski definition) is 3. The van der Waals surface area contributed by atoms with Crippen LogP contribution < -0.4 is 10.8 Å². The third-order valence-corrected chi connectivity index (χ3v) is 5.59. The maximum absolute atomic E-state index is 12.5. The molecule has 0 saturated heterocycles. The van der Waals surface area contributed by atoms with Gasteiger partial charge in [0.15, 0.2) is 0 Å². The Labute approximate surface area is 177 Å². The lowest BCUT2D eigenvalue weighted by Gasteiger charge is -2.06. The van der Waals surface area contributed by atoms with Gasteiger partial charge >= 0.3 is 0 Å². The van der Waals surface area contributed by atoms with E-state index in [1.165, 1.54) is 5.56 Å². The molecule has 1 heterocycles. The number of hydroxylamine groups is 1. The number of carbonyl (C=O) groups excluding carboxylic acids is 2. The largest absolute Gasteiger partial charge is 0.346 e. The van der Waals surface area contributed by atoms with Crippen molar-refractivity contribution < 1.29 is 14.8 Å². The van der Waals surface area contributed by atoms with E-state index >= 15 is 0 Å². The minimum absolute atomic E-state index is 0.188. The lowest BCUT2D eigenvalue weighted by atomic mass is 10.0. The Morgan fingerprint density at radius 1 is 0.900 bits per heavy atom. The van der Waals surface area contributed by atoms with Crippen molar-refractivity contribution in [2.75, 3.05) is 0 Å². The molecule has 0 fully saturated rings. The van der Waals surface area contributed by atoms with Crippen LogP contribution >= 0.6 is 11.3 Å². The Hall–Kier alpha value is -3.55. The second kappa shape index (κ2) is 8.86. The number of nitrogens with zero attached hydrogens (tertiary/aromatic N) is 1. The smallest absolute Gasteiger partial charge is 0.274 e. The van der Waals surface area contributed by atoms with Crippen molar-refractivity contribution in [2.24, 2.45) is 0 Å².